The van der Waals surface area contributed by atoms with E-state index in [0.717, 1.165) is 6.42 Å². The molecule has 0 spiro atoms. The van der Waals surface area contributed by atoms with Crippen LogP contribution in [0.2, 0.25) is 0 Å². The first-order valence-corrected chi connectivity index (χ1v) is 9.68. The van der Waals surface area contributed by atoms with Crippen molar-refractivity contribution < 1.29 is 0 Å². The first-order valence-electron chi connectivity index (χ1n) is 9.68. The van der Waals surface area contributed by atoms with Gasteiger partial charge in [-0.05, 0) is 18.9 Å². The molecule has 2 nitrogen and oxygen atoms in total. The molecule has 0 fully saturated rings. The fourth-order valence-electron chi connectivity index (χ4n) is 2.97. The maximum Gasteiger partial charge on any atom is 0.115 e. The SMILES string of the molecule is CCCCCCCCCCCCCCCCc1ccncn1. The van der Waals surface area contributed by atoms with E-state index in [1.807, 2.05) is 12.3 Å². The Morgan fingerprint density at radius 2 is 1.18 bits per heavy atom. The van der Waals surface area contributed by atoms with E-state index in [0.29, 0.717) is 0 Å². The van der Waals surface area contributed by atoms with Gasteiger partial charge in [-0.15, -0.1) is 0 Å². The van der Waals surface area contributed by atoms with Crippen LogP contribution in [-0.4, -0.2) is 9.97 Å². The summed E-state index contributed by atoms with van der Waals surface area (Å²) >= 11 is 0. The van der Waals surface area contributed by atoms with Crippen LogP contribution >= 0.6 is 0 Å². The van der Waals surface area contributed by atoms with Crippen molar-refractivity contribution in [2.24, 2.45) is 0 Å². The van der Waals surface area contributed by atoms with Crippen molar-refractivity contribution in [1.29, 1.82) is 0 Å². The Kier molecular flexibility index (Phi) is 13.0. The van der Waals surface area contributed by atoms with Gasteiger partial charge >= 0.3 is 0 Å². The van der Waals surface area contributed by atoms with E-state index in [1.165, 1.54) is 95.6 Å². The average Bonchev–Trinajstić information content (AvgIpc) is 2.56. The van der Waals surface area contributed by atoms with Crippen molar-refractivity contribution >= 4 is 0 Å². The second-order valence-corrected chi connectivity index (χ2v) is 6.55. The van der Waals surface area contributed by atoms with Crippen molar-refractivity contribution in [3.05, 3.63) is 24.3 Å². The van der Waals surface area contributed by atoms with Crippen LogP contribution in [-0.2, 0) is 6.42 Å². The molecule has 0 aliphatic carbocycles. The van der Waals surface area contributed by atoms with Crippen molar-refractivity contribution in [2.45, 2.75) is 103 Å². The Hall–Kier alpha value is -0.920. The van der Waals surface area contributed by atoms with Crippen LogP contribution in [0.3, 0.4) is 0 Å². The fourth-order valence-corrected chi connectivity index (χ4v) is 2.97. The molecule has 1 aromatic heterocycles. The number of aryl methyl sites for hydroxylation is 1. The molecule has 1 rings (SSSR count). The number of hydrogen-bond donors (Lipinski definition) is 0. The molecule has 0 radical (unpaired) electrons. The smallest absolute Gasteiger partial charge is 0.115 e. The van der Waals surface area contributed by atoms with Gasteiger partial charge in [0.1, 0.15) is 6.33 Å². The molecule has 2 heteroatoms. The van der Waals surface area contributed by atoms with Crippen molar-refractivity contribution in [1.82, 2.24) is 9.97 Å². The molecule has 0 N–H and O–H groups in total. The van der Waals surface area contributed by atoms with Gasteiger partial charge in [0, 0.05) is 11.9 Å². The van der Waals surface area contributed by atoms with Crippen LogP contribution in [0.4, 0.5) is 0 Å². The van der Waals surface area contributed by atoms with E-state index in [2.05, 4.69) is 16.9 Å². The van der Waals surface area contributed by atoms with E-state index in [4.69, 9.17) is 0 Å². The van der Waals surface area contributed by atoms with Crippen LogP contribution < -0.4 is 0 Å². The number of rotatable bonds is 15. The summed E-state index contributed by atoms with van der Waals surface area (Å²) in [6.45, 7) is 2.29. The summed E-state index contributed by atoms with van der Waals surface area (Å²) in [4.78, 5) is 8.22. The molecule has 0 aliphatic rings. The highest BCUT2D eigenvalue weighted by molar-refractivity contribution is 4.97. The van der Waals surface area contributed by atoms with E-state index in [1.54, 1.807) is 6.33 Å². The highest BCUT2D eigenvalue weighted by atomic mass is 14.8. The monoisotopic (exact) mass is 304 g/mol. The van der Waals surface area contributed by atoms with Crippen molar-refractivity contribution in [3.63, 3.8) is 0 Å². The minimum Gasteiger partial charge on any atom is -0.245 e. The van der Waals surface area contributed by atoms with Crippen LogP contribution in [0.25, 0.3) is 0 Å². The Labute approximate surface area is 138 Å². The Morgan fingerprint density at radius 3 is 1.64 bits per heavy atom. The molecule has 0 aliphatic heterocycles. The number of unbranched alkanes of at least 4 members (excludes halogenated alkanes) is 13. The van der Waals surface area contributed by atoms with Gasteiger partial charge in [0.15, 0.2) is 0 Å². The average molecular weight is 305 g/mol. The molecule has 0 saturated heterocycles. The lowest BCUT2D eigenvalue weighted by Gasteiger charge is -2.03. The van der Waals surface area contributed by atoms with Gasteiger partial charge in [-0.1, -0.05) is 90.4 Å². The minimum absolute atomic E-state index is 1.11. The summed E-state index contributed by atoms with van der Waals surface area (Å²) < 4.78 is 0. The van der Waals surface area contributed by atoms with Gasteiger partial charge in [0.2, 0.25) is 0 Å². The van der Waals surface area contributed by atoms with Gasteiger partial charge in [-0.25, -0.2) is 9.97 Å². The van der Waals surface area contributed by atoms with Crippen molar-refractivity contribution in [2.75, 3.05) is 0 Å². The van der Waals surface area contributed by atoms with E-state index in [-0.39, 0.29) is 0 Å². The normalized spacial score (nSPS) is 11.0. The first-order chi connectivity index (χ1) is 10.9. The number of aromatic nitrogens is 2. The summed E-state index contributed by atoms with van der Waals surface area (Å²) in [5.74, 6) is 0. The largest absolute Gasteiger partial charge is 0.245 e. The van der Waals surface area contributed by atoms with E-state index in [9.17, 15) is 0 Å². The zero-order chi connectivity index (χ0) is 15.7. The molecule has 126 valence electrons. The zero-order valence-electron chi connectivity index (χ0n) is 14.7. The number of hydrogen-bond acceptors (Lipinski definition) is 2. The van der Waals surface area contributed by atoms with E-state index >= 15 is 0 Å². The fraction of sp³-hybridized carbons (Fsp3) is 0.800. The quantitative estimate of drug-likeness (QED) is 0.346. The maximum atomic E-state index is 4.27. The Bertz CT molecular complexity index is 324. The third-order valence-corrected chi connectivity index (χ3v) is 4.43. The third-order valence-electron chi connectivity index (χ3n) is 4.43. The molecule has 22 heavy (non-hydrogen) atoms. The maximum absolute atomic E-state index is 4.27. The minimum atomic E-state index is 1.11. The second kappa shape index (κ2) is 15.0. The number of nitrogens with zero attached hydrogens (tertiary/aromatic N) is 2. The van der Waals surface area contributed by atoms with Crippen molar-refractivity contribution in [3.8, 4) is 0 Å². The molecule has 0 aromatic carbocycles. The molecule has 0 atom stereocenters. The standard InChI is InChI=1S/C20H36N2/c1-2-3-4-5-6-7-8-9-10-11-12-13-14-15-16-20-17-18-21-19-22-20/h17-19H,2-16H2,1H3. The molecular weight excluding hydrogens is 268 g/mol. The van der Waals surface area contributed by atoms with Gasteiger partial charge in [0.25, 0.3) is 0 Å². The predicted molar refractivity (Wildman–Crippen MR) is 96.0 cm³/mol. The summed E-state index contributed by atoms with van der Waals surface area (Å²) in [6, 6.07) is 2.03. The molecule has 1 heterocycles. The zero-order valence-corrected chi connectivity index (χ0v) is 14.7. The molecule has 0 unspecified atom stereocenters. The lowest BCUT2D eigenvalue weighted by molar-refractivity contribution is 0.535. The lowest BCUT2D eigenvalue weighted by atomic mass is 10.0. The Morgan fingerprint density at radius 1 is 0.682 bits per heavy atom. The first kappa shape index (κ1) is 19.1. The molecule has 0 bridgehead atoms. The Balaban J connectivity index is 1.73. The molecule has 1 aromatic rings. The predicted octanol–water partition coefficient (Wildman–Crippen LogP) is 6.50. The molecule has 0 amide bonds. The topological polar surface area (TPSA) is 25.8 Å². The molecular formula is C20H36N2. The van der Waals surface area contributed by atoms with Gasteiger partial charge in [0.05, 0.1) is 0 Å². The summed E-state index contributed by atoms with van der Waals surface area (Å²) in [7, 11) is 0. The van der Waals surface area contributed by atoms with Crippen LogP contribution in [0.5, 0.6) is 0 Å². The van der Waals surface area contributed by atoms with Crippen LogP contribution in [0.1, 0.15) is 103 Å². The van der Waals surface area contributed by atoms with Gasteiger partial charge in [-0.2, -0.15) is 0 Å². The second-order valence-electron chi connectivity index (χ2n) is 6.55. The van der Waals surface area contributed by atoms with Crippen LogP contribution in [0, 0.1) is 0 Å². The summed E-state index contributed by atoms with van der Waals surface area (Å²) in [5, 5.41) is 0. The van der Waals surface area contributed by atoms with Gasteiger partial charge in [-0.3, -0.25) is 0 Å². The lowest BCUT2D eigenvalue weighted by Crippen LogP contribution is -1.90. The van der Waals surface area contributed by atoms with Gasteiger partial charge < -0.3 is 0 Å². The summed E-state index contributed by atoms with van der Waals surface area (Å²) in [5.41, 5.74) is 1.19. The third kappa shape index (κ3) is 11.7. The van der Waals surface area contributed by atoms with Crippen LogP contribution in [0.15, 0.2) is 18.6 Å². The summed E-state index contributed by atoms with van der Waals surface area (Å²) in [6.07, 6.45) is 24.4. The molecule has 0 saturated carbocycles. The highest BCUT2D eigenvalue weighted by Crippen LogP contribution is 2.13. The highest BCUT2D eigenvalue weighted by Gasteiger charge is 1.96. The van der Waals surface area contributed by atoms with E-state index < -0.39 is 0 Å².